The second kappa shape index (κ2) is 3.33. The fraction of sp³-hybridized carbons (Fsp3) is 1.00. The number of fused-ring (bicyclic) bond motifs is 1. The number of hydrogen-bond donors (Lipinski definition) is 1. The normalized spacial score (nSPS) is 43.3. The molecule has 0 radical (unpaired) electrons. The average molecular weight is 242 g/mol. The second-order valence-corrected chi connectivity index (χ2v) is 12.1. The smallest absolute Gasteiger partial charge is 0.192 e. The van der Waals surface area contributed by atoms with Crippen LogP contribution in [-0.4, -0.2) is 25.1 Å². The van der Waals surface area contributed by atoms with Gasteiger partial charge in [-0.3, -0.25) is 0 Å². The number of hydrogen-bond acceptors (Lipinski definition) is 2. The van der Waals surface area contributed by atoms with E-state index in [9.17, 15) is 5.11 Å². The molecule has 0 spiro atoms. The van der Waals surface area contributed by atoms with E-state index in [0.717, 1.165) is 12.8 Å². The van der Waals surface area contributed by atoms with Crippen molar-refractivity contribution in [3.8, 4) is 0 Å². The summed E-state index contributed by atoms with van der Waals surface area (Å²) in [7, 11) is -1.66. The zero-order valence-corrected chi connectivity index (χ0v) is 12.5. The van der Waals surface area contributed by atoms with Crippen molar-refractivity contribution in [3.63, 3.8) is 0 Å². The van der Waals surface area contributed by atoms with Gasteiger partial charge >= 0.3 is 0 Å². The predicted molar refractivity (Wildman–Crippen MR) is 68.9 cm³/mol. The molecule has 0 aliphatic heterocycles. The summed E-state index contributed by atoms with van der Waals surface area (Å²) in [6.07, 6.45) is 2.38. The van der Waals surface area contributed by atoms with Gasteiger partial charge in [0.1, 0.15) is 0 Å². The fourth-order valence-electron chi connectivity index (χ4n) is 2.69. The average Bonchev–Trinajstić information content (AvgIpc) is 2.67. The zero-order chi connectivity index (χ0) is 12.4. The molecule has 2 aliphatic rings. The van der Waals surface area contributed by atoms with Crippen molar-refractivity contribution >= 4 is 8.32 Å². The lowest BCUT2D eigenvalue weighted by atomic mass is 10.0. The van der Waals surface area contributed by atoms with Crippen molar-refractivity contribution in [1.82, 2.24) is 0 Å². The summed E-state index contributed by atoms with van der Waals surface area (Å²) in [5.41, 5.74) is -0.368. The Balaban J connectivity index is 2.02. The Morgan fingerprint density at radius 3 is 2.25 bits per heavy atom. The van der Waals surface area contributed by atoms with Crippen LogP contribution in [0.25, 0.3) is 0 Å². The van der Waals surface area contributed by atoms with Crippen LogP contribution in [0.4, 0.5) is 0 Å². The van der Waals surface area contributed by atoms with E-state index in [1.807, 2.05) is 0 Å². The van der Waals surface area contributed by atoms with Gasteiger partial charge < -0.3 is 9.53 Å². The molecule has 0 aromatic rings. The molecule has 16 heavy (non-hydrogen) atoms. The molecule has 2 fully saturated rings. The monoisotopic (exact) mass is 242 g/mol. The van der Waals surface area contributed by atoms with Crippen LogP contribution >= 0.6 is 0 Å². The van der Waals surface area contributed by atoms with Gasteiger partial charge in [-0.05, 0) is 36.9 Å². The van der Waals surface area contributed by atoms with Crippen LogP contribution in [0.1, 0.15) is 40.5 Å². The Labute approximate surface area is 101 Å². The first-order valence-electron chi connectivity index (χ1n) is 6.48. The molecule has 2 nitrogen and oxygen atoms in total. The van der Waals surface area contributed by atoms with Crippen molar-refractivity contribution in [2.75, 3.05) is 0 Å². The standard InChI is InChI=1S/C13H26O2Si/c1-9-11(7-10-8-13(9,10)14)15-16(5,6)12(2,3)4/h9-11,14H,7-8H2,1-6H3/t9-,10?,11-,13-/m0/s1. The van der Waals surface area contributed by atoms with Crippen LogP contribution in [-0.2, 0) is 4.43 Å². The molecule has 0 aromatic heterocycles. The summed E-state index contributed by atoms with van der Waals surface area (Å²) in [5, 5.41) is 10.5. The SMILES string of the molecule is C[C@H]1[C@@H](O[Si](C)(C)C(C)(C)C)CC2C[C@@]21O. The zero-order valence-electron chi connectivity index (χ0n) is 11.5. The lowest BCUT2D eigenvalue weighted by Gasteiger charge is -2.40. The summed E-state index contributed by atoms with van der Waals surface area (Å²) in [4.78, 5) is 0. The molecule has 0 amide bonds. The van der Waals surface area contributed by atoms with E-state index in [1.165, 1.54) is 0 Å². The first kappa shape index (κ1) is 12.6. The maximum Gasteiger partial charge on any atom is 0.192 e. The van der Waals surface area contributed by atoms with Crippen LogP contribution in [0.15, 0.2) is 0 Å². The number of aliphatic hydroxyl groups is 1. The first-order valence-corrected chi connectivity index (χ1v) is 9.39. The number of rotatable bonds is 2. The van der Waals surface area contributed by atoms with Crippen LogP contribution in [0.5, 0.6) is 0 Å². The Hall–Kier alpha value is 0.137. The van der Waals surface area contributed by atoms with E-state index < -0.39 is 8.32 Å². The summed E-state index contributed by atoms with van der Waals surface area (Å²) in [5.74, 6) is 0.851. The molecule has 2 rings (SSSR count). The molecule has 1 N–H and O–H groups in total. The van der Waals surface area contributed by atoms with E-state index in [-0.39, 0.29) is 10.6 Å². The van der Waals surface area contributed by atoms with E-state index >= 15 is 0 Å². The van der Waals surface area contributed by atoms with E-state index in [1.54, 1.807) is 0 Å². The van der Waals surface area contributed by atoms with Gasteiger partial charge in [0, 0.05) is 5.92 Å². The van der Waals surface area contributed by atoms with E-state index in [2.05, 4.69) is 40.8 Å². The molecule has 0 bridgehead atoms. The maximum absolute atomic E-state index is 10.2. The largest absolute Gasteiger partial charge is 0.414 e. The minimum Gasteiger partial charge on any atom is -0.414 e. The first-order chi connectivity index (χ1) is 7.08. The van der Waals surface area contributed by atoms with Crippen LogP contribution in [0.2, 0.25) is 18.1 Å². The third-order valence-electron chi connectivity index (χ3n) is 5.24. The minimum absolute atomic E-state index is 0.266. The van der Waals surface area contributed by atoms with Gasteiger partial charge in [0.15, 0.2) is 8.32 Å². The Morgan fingerprint density at radius 2 is 1.88 bits per heavy atom. The molecule has 0 saturated heterocycles. The fourth-order valence-corrected chi connectivity index (χ4v) is 4.10. The lowest BCUT2D eigenvalue weighted by molar-refractivity contribution is 0.0423. The Bertz CT molecular complexity index is 295. The van der Waals surface area contributed by atoms with Gasteiger partial charge in [0.05, 0.1) is 11.7 Å². The van der Waals surface area contributed by atoms with Crippen molar-refractivity contribution in [2.45, 2.75) is 70.4 Å². The Kier molecular flexibility index (Phi) is 2.62. The highest BCUT2D eigenvalue weighted by Crippen LogP contribution is 2.60. The molecule has 0 aromatic carbocycles. The third kappa shape index (κ3) is 1.77. The van der Waals surface area contributed by atoms with Crippen molar-refractivity contribution in [2.24, 2.45) is 11.8 Å². The molecule has 2 saturated carbocycles. The Morgan fingerprint density at radius 1 is 1.31 bits per heavy atom. The molecule has 94 valence electrons. The molecule has 3 heteroatoms. The van der Waals surface area contributed by atoms with Crippen LogP contribution in [0.3, 0.4) is 0 Å². The molecule has 0 heterocycles. The molecule has 4 atom stereocenters. The van der Waals surface area contributed by atoms with Crippen molar-refractivity contribution in [1.29, 1.82) is 0 Å². The molecule has 1 unspecified atom stereocenters. The maximum atomic E-state index is 10.2. The molecular formula is C13H26O2Si. The summed E-state index contributed by atoms with van der Waals surface area (Å²) in [6.45, 7) is 13.6. The summed E-state index contributed by atoms with van der Waals surface area (Å²) >= 11 is 0. The molecular weight excluding hydrogens is 216 g/mol. The van der Waals surface area contributed by atoms with Gasteiger partial charge in [-0.1, -0.05) is 27.7 Å². The minimum atomic E-state index is -1.66. The van der Waals surface area contributed by atoms with Gasteiger partial charge in [-0.2, -0.15) is 0 Å². The quantitative estimate of drug-likeness (QED) is 0.754. The van der Waals surface area contributed by atoms with Crippen molar-refractivity contribution < 1.29 is 9.53 Å². The van der Waals surface area contributed by atoms with Crippen LogP contribution in [0, 0.1) is 11.8 Å². The summed E-state index contributed by atoms with van der Waals surface area (Å²) < 4.78 is 6.42. The van der Waals surface area contributed by atoms with Gasteiger partial charge in [-0.25, -0.2) is 0 Å². The summed E-state index contributed by atoms with van der Waals surface area (Å²) in [6, 6.07) is 0. The second-order valence-electron chi connectivity index (χ2n) is 7.33. The lowest BCUT2D eigenvalue weighted by Crippen LogP contribution is -2.45. The van der Waals surface area contributed by atoms with Gasteiger partial charge in [0.2, 0.25) is 0 Å². The van der Waals surface area contributed by atoms with E-state index in [4.69, 9.17) is 4.43 Å². The molecule has 2 aliphatic carbocycles. The highest BCUT2D eigenvalue weighted by molar-refractivity contribution is 6.74. The van der Waals surface area contributed by atoms with Gasteiger partial charge in [-0.15, -0.1) is 0 Å². The topological polar surface area (TPSA) is 29.5 Å². The van der Waals surface area contributed by atoms with Crippen LogP contribution < -0.4 is 0 Å². The van der Waals surface area contributed by atoms with Crippen molar-refractivity contribution in [3.05, 3.63) is 0 Å². The van der Waals surface area contributed by atoms with Gasteiger partial charge in [0.25, 0.3) is 0 Å². The van der Waals surface area contributed by atoms with E-state index in [0.29, 0.717) is 17.9 Å². The predicted octanol–water partition coefficient (Wildman–Crippen LogP) is 3.17. The third-order valence-corrected chi connectivity index (χ3v) is 9.74. The highest BCUT2D eigenvalue weighted by Gasteiger charge is 2.65. The highest BCUT2D eigenvalue weighted by atomic mass is 28.4.